The smallest absolute Gasteiger partial charge is 0.337 e. The number of nitrogens with zero attached hydrogens (tertiary/aromatic N) is 3. The summed E-state index contributed by atoms with van der Waals surface area (Å²) < 4.78 is 6.59. The fraction of sp³-hybridized carbons (Fsp3) is 0.450. The van der Waals surface area contributed by atoms with Crippen molar-refractivity contribution in [2.75, 3.05) is 20.2 Å². The van der Waals surface area contributed by atoms with E-state index in [-0.39, 0.29) is 11.9 Å². The van der Waals surface area contributed by atoms with Gasteiger partial charge in [-0.2, -0.15) is 5.10 Å². The van der Waals surface area contributed by atoms with Crippen LogP contribution < -0.4 is 0 Å². The van der Waals surface area contributed by atoms with Gasteiger partial charge in [0.1, 0.15) is 0 Å². The molecule has 0 aliphatic carbocycles. The fourth-order valence-electron chi connectivity index (χ4n) is 3.46. The number of hydrogen-bond donors (Lipinski definition) is 0. The van der Waals surface area contributed by atoms with Crippen LogP contribution in [0.1, 0.15) is 34.5 Å². The van der Waals surface area contributed by atoms with Gasteiger partial charge in [0.15, 0.2) is 0 Å². The molecule has 138 valence electrons. The first-order chi connectivity index (χ1) is 12.5. The summed E-state index contributed by atoms with van der Waals surface area (Å²) in [6.07, 6.45) is 4.25. The second-order valence-electron chi connectivity index (χ2n) is 6.86. The summed E-state index contributed by atoms with van der Waals surface area (Å²) in [6.45, 7) is 4.14. The van der Waals surface area contributed by atoms with Crippen LogP contribution in [0.4, 0.5) is 0 Å². The molecule has 1 saturated heterocycles. The number of carbonyl (C=O) groups excluding carboxylic acids is 2. The Bertz CT molecular complexity index is 784. The van der Waals surface area contributed by atoms with Gasteiger partial charge in [0.25, 0.3) is 0 Å². The highest BCUT2D eigenvalue weighted by atomic mass is 16.5. The molecule has 1 aromatic heterocycles. The third-order valence-electron chi connectivity index (χ3n) is 4.84. The first-order valence-electron chi connectivity index (χ1n) is 9.00. The Balaban J connectivity index is 1.50. The molecule has 3 rings (SSSR count). The average Bonchev–Trinajstić information content (AvgIpc) is 3.28. The van der Waals surface area contributed by atoms with Gasteiger partial charge >= 0.3 is 5.97 Å². The van der Waals surface area contributed by atoms with Crippen molar-refractivity contribution in [2.24, 2.45) is 5.92 Å². The van der Waals surface area contributed by atoms with Gasteiger partial charge in [-0.25, -0.2) is 4.79 Å². The topological polar surface area (TPSA) is 64.4 Å². The Morgan fingerprint density at radius 1 is 1.31 bits per heavy atom. The van der Waals surface area contributed by atoms with Crippen LogP contribution in [0.5, 0.6) is 0 Å². The van der Waals surface area contributed by atoms with Gasteiger partial charge in [-0.3, -0.25) is 9.48 Å². The maximum absolute atomic E-state index is 12.4. The monoisotopic (exact) mass is 355 g/mol. The summed E-state index contributed by atoms with van der Waals surface area (Å²) in [7, 11) is 1.39. The Labute approximate surface area is 153 Å². The molecule has 0 bridgehead atoms. The van der Waals surface area contributed by atoms with Crippen molar-refractivity contribution in [3.05, 3.63) is 53.3 Å². The first kappa shape index (κ1) is 18.2. The summed E-state index contributed by atoms with van der Waals surface area (Å²) in [4.78, 5) is 26.0. The summed E-state index contributed by atoms with van der Waals surface area (Å²) in [6, 6.07) is 9.49. The minimum absolute atomic E-state index is 0.184. The SMILES string of the molecule is COC(=O)c1cccc(CC2CCN(C(=O)CCn3ccc(C)n3)C2)c1. The molecule has 0 spiro atoms. The van der Waals surface area contributed by atoms with Crippen molar-refractivity contribution in [2.45, 2.75) is 32.7 Å². The standard InChI is InChI=1S/C20H25N3O3/c1-15-6-10-23(21-15)11-8-19(24)22-9-7-17(14-22)12-16-4-3-5-18(13-16)20(25)26-2/h3-6,10,13,17H,7-9,11-12,14H2,1-2H3. The van der Waals surface area contributed by atoms with E-state index in [0.29, 0.717) is 24.4 Å². The average molecular weight is 355 g/mol. The number of carbonyl (C=O) groups is 2. The van der Waals surface area contributed by atoms with Gasteiger partial charge < -0.3 is 9.64 Å². The van der Waals surface area contributed by atoms with E-state index >= 15 is 0 Å². The second kappa shape index (κ2) is 8.17. The lowest BCUT2D eigenvalue weighted by atomic mass is 9.97. The summed E-state index contributed by atoms with van der Waals surface area (Å²) in [5.41, 5.74) is 2.65. The molecule has 6 heteroatoms. The van der Waals surface area contributed by atoms with E-state index in [9.17, 15) is 9.59 Å². The zero-order valence-electron chi connectivity index (χ0n) is 15.4. The van der Waals surface area contributed by atoms with E-state index in [4.69, 9.17) is 4.74 Å². The van der Waals surface area contributed by atoms with Gasteiger partial charge in [0.2, 0.25) is 5.91 Å². The maximum Gasteiger partial charge on any atom is 0.337 e. The van der Waals surface area contributed by atoms with E-state index in [1.54, 1.807) is 6.07 Å². The molecule has 6 nitrogen and oxygen atoms in total. The molecule has 2 aromatic rings. The highest BCUT2D eigenvalue weighted by molar-refractivity contribution is 5.89. The Morgan fingerprint density at radius 2 is 2.15 bits per heavy atom. The zero-order chi connectivity index (χ0) is 18.5. The number of methoxy groups -OCH3 is 1. The number of esters is 1. The maximum atomic E-state index is 12.4. The lowest BCUT2D eigenvalue weighted by molar-refractivity contribution is -0.130. The fourth-order valence-corrected chi connectivity index (χ4v) is 3.46. The molecule has 2 heterocycles. The Hall–Kier alpha value is -2.63. The number of aromatic nitrogens is 2. The molecule has 1 aliphatic heterocycles. The molecule has 1 amide bonds. The highest BCUT2D eigenvalue weighted by Gasteiger charge is 2.26. The molecule has 0 radical (unpaired) electrons. The molecule has 1 aliphatic rings. The van der Waals surface area contributed by atoms with Crippen LogP contribution in [0.2, 0.25) is 0 Å². The Kier molecular flexibility index (Phi) is 5.71. The van der Waals surface area contributed by atoms with Gasteiger partial charge in [0, 0.05) is 32.3 Å². The minimum Gasteiger partial charge on any atom is -0.465 e. The van der Waals surface area contributed by atoms with E-state index in [0.717, 1.165) is 37.2 Å². The number of ether oxygens (including phenoxy) is 1. The molecule has 1 unspecified atom stereocenters. The van der Waals surface area contributed by atoms with Crippen LogP contribution >= 0.6 is 0 Å². The summed E-state index contributed by atoms with van der Waals surface area (Å²) >= 11 is 0. The van der Waals surface area contributed by atoms with Crippen LogP contribution in [0.25, 0.3) is 0 Å². The molecule has 1 atom stereocenters. The molecule has 26 heavy (non-hydrogen) atoms. The predicted octanol–water partition coefficient (Wildman–Crippen LogP) is 2.46. The normalized spacial score (nSPS) is 16.7. The molecular formula is C20H25N3O3. The lowest BCUT2D eigenvalue weighted by Gasteiger charge is -2.17. The van der Waals surface area contributed by atoms with Gasteiger partial charge in [-0.15, -0.1) is 0 Å². The van der Waals surface area contributed by atoms with Crippen LogP contribution in [0, 0.1) is 12.8 Å². The number of benzene rings is 1. The Morgan fingerprint density at radius 3 is 2.88 bits per heavy atom. The molecule has 1 aromatic carbocycles. The predicted molar refractivity (Wildman–Crippen MR) is 97.8 cm³/mol. The van der Waals surface area contributed by atoms with E-state index in [2.05, 4.69) is 5.10 Å². The highest BCUT2D eigenvalue weighted by Crippen LogP contribution is 2.22. The number of amides is 1. The van der Waals surface area contributed by atoms with Crippen LogP contribution in [0.3, 0.4) is 0 Å². The van der Waals surface area contributed by atoms with Crippen LogP contribution in [0.15, 0.2) is 36.5 Å². The van der Waals surface area contributed by atoms with Crippen molar-refractivity contribution in [1.82, 2.24) is 14.7 Å². The third kappa shape index (κ3) is 4.50. The van der Waals surface area contributed by atoms with Gasteiger partial charge in [-0.05, 0) is 49.4 Å². The lowest BCUT2D eigenvalue weighted by Crippen LogP contribution is -2.29. The van der Waals surface area contributed by atoms with Crippen molar-refractivity contribution in [3.8, 4) is 0 Å². The second-order valence-corrected chi connectivity index (χ2v) is 6.86. The summed E-state index contributed by atoms with van der Waals surface area (Å²) in [5.74, 6) is 0.298. The van der Waals surface area contributed by atoms with Crippen molar-refractivity contribution in [1.29, 1.82) is 0 Å². The minimum atomic E-state index is -0.316. The van der Waals surface area contributed by atoms with E-state index < -0.39 is 0 Å². The van der Waals surface area contributed by atoms with Crippen LogP contribution in [-0.2, 0) is 22.5 Å². The third-order valence-corrected chi connectivity index (χ3v) is 4.84. The van der Waals surface area contributed by atoms with Gasteiger partial charge in [0.05, 0.1) is 18.4 Å². The first-order valence-corrected chi connectivity index (χ1v) is 9.00. The van der Waals surface area contributed by atoms with E-state index in [1.165, 1.54) is 7.11 Å². The molecule has 0 saturated carbocycles. The number of aryl methyl sites for hydroxylation is 2. The van der Waals surface area contributed by atoms with Crippen molar-refractivity contribution >= 4 is 11.9 Å². The zero-order valence-corrected chi connectivity index (χ0v) is 15.4. The summed E-state index contributed by atoms with van der Waals surface area (Å²) in [5, 5.41) is 4.32. The molecule has 1 fully saturated rings. The number of hydrogen-bond acceptors (Lipinski definition) is 4. The van der Waals surface area contributed by atoms with Crippen molar-refractivity contribution in [3.63, 3.8) is 0 Å². The van der Waals surface area contributed by atoms with Crippen molar-refractivity contribution < 1.29 is 14.3 Å². The molecule has 0 N–H and O–H groups in total. The largest absolute Gasteiger partial charge is 0.465 e. The quantitative estimate of drug-likeness (QED) is 0.747. The van der Waals surface area contributed by atoms with Gasteiger partial charge in [-0.1, -0.05) is 12.1 Å². The van der Waals surface area contributed by atoms with Crippen LogP contribution in [-0.4, -0.2) is 46.8 Å². The molecular weight excluding hydrogens is 330 g/mol. The number of rotatable bonds is 6. The van der Waals surface area contributed by atoms with E-state index in [1.807, 2.05) is 47.0 Å². The number of likely N-dealkylation sites (tertiary alicyclic amines) is 1.